The molecule has 1 amide bonds. The first-order chi connectivity index (χ1) is 14.8. The van der Waals surface area contributed by atoms with Crippen molar-refractivity contribution >= 4 is 28.9 Å². The molecule has 0 spiro atoms. The summed E-state index contributed by atoms with van der Waals surface area (Å²) in [6.45, 7) is 1.68. The van der Waals surface area contributed by atoms with E-state index in [2.05, 4.69) is 0 Å². The maximum absolute atomic E-state index is 13.5. The SMILES string of the molecule is C[C@H]1c2ccc(N(C)C)c(O)c2C(O)=C2C(=O)[C@]3(O)C(O)=C(C(N)=O)C(=O)C[C@@H]3[C@H](O)[C@@H]21. The van der Waals surface area contributed by atoms with Gasteiger partial charge in [-0.1, -0.05) is 13.0 Å². The van der Waals surface area contributed by atoms with Gasteiger partial charge in [0, 0.05) is 37.9 Å². The van der Waals surface area contributed by atoms with Crippen molar-refractivity contribution in [2.24, 2.45) is 17.6 Å². The third-order valence-corrected chi connectivity index (χ3v) is 6.96. The summed E-state index contributed by atoms with van der Waals surface area (Å²) in [6, 6.07) is 3.29. The fraction of sp³-hybridized carbons (Fsp3) is 0.409. The topological polar surface area (TPSA) is 182 Å². The number of nitrogens with zero attached hydrogens (tertiary/aromatic N) is 1. The maximum atomic E-state index is 13.5. The van der Waals surface area contributed by atoms with Crippen LogP contribution in [0.2, 0.25) is 0 Å². The van der Waals surface area contributed by atoms with Crippen LogP contribution < -0.4 is 10.6 Å². The smallest absolute Gasteiger partial charge is 0.255 e. The Bertz CT molecular complexity index is 1150. The van der Waals surface area contributed by atoms with Crippen molar-refractivity contribution in [3.8, 4) is 5.75 Å². The molecule has 0 aromatic heterocycles. The number of Topliss-reactive ketones (excluding diaryl/α,β-unsaturated/α-hetero) is 2. The van der Waals surface area contributed by atoms with Crippen molar-refractivity contribution in [2.45, 2.75) is 31.0 Å². The molecule has 32 heavy (non-hydrogen) atoms. The molecule has 0 bridgehead atoms. The third-order valence-electron chi connectivity index (χ3n) is 6.96. The molecular formula is C22H24N2O8. The monoisotopic (exact) mass is 444 g/mol. The van der Waals surface area contributed by atoms with Crippen LogP contribution in [-0.4, -0.2) is 68.8 Å². The average Bonchev–Trinajstić information content (AvgIpc) is 2.70. The molecule has 10 nitrogen and oxygen atoms in total. The lowest BCUT2D eigenvalue weighted by Crippen LogP contribution is -2.63. The van der Waals surface area contributed by atoms with E-state index >= 15 is 0 Å². The Kier molecular flexibility index (Phi) is 4.65. The number of fused-ring (bicyclic) bond motifs is 3. The minimum atomic E-state index is -2.83. The van der Waals surface area contributed by atoms with Crippen molar-refractivity contribution in [1.82, 2.24) is 0 Å². The fourth-order valence-electron chi connectivity index (χ4n) is 5.35. The summed E-state index contributed by atoms with van der Waals surface area (Å²) in [5, 5.41) is 54.8. The molecule has 0 unspecified atom stereocenters. The van der Waals surface area contributed by atoms with Crippen LogP contribution >= 0.6 is 0 Å². The Balaban J connectivity index is 2.02. The average molecular weight is 444 g/mol. The van der Waals surface area contributed by atoms with E-state index < -0.39 is 76.0 Å². The van der Waals surface area contributed by atoms with Gasteiger partial charge in [-0.25, -0.2) is 0 Å². The molecule has 7 N–H and O–H groups in total. The highest BCUT2D eigenvalue weighted by atomic mass is 16.4. The van der Waals surface area contributed by atoms with Gasteiger partial charge in [0.05, 0.1) is 17.4 Å². The van der Waals surface area contributed by atoms with E-state index in [1.807, 2.05) is 0 Å². The number of phenolic OH excluding ortho intramolecular Hbond substituents is 1. The number of aliphatic hydroxyl groups excluding tert-OH is 3. The second-order valence-electron chi connectivity index (χ2n) is 8.78. The first-order valence-electron chi connectivity index (χ1n) is 10.0. The van der Waals surface area contributed by atoms with E-state index in [4.69, 9.17) is 5.73 Å². The molecule has 1 aromatic rings. The van der Waals surface area contributed by atoms with Gasteiger partial charge >= 0.3 is 0 Å². The molecule has 3 aliphatic rings. The lowest BCUT2D eigenvalue weighted by molar-refractivity contribution is -0.160. The van der Waals surface area contributed by atoms with Crippen molar-refractivity contribution in [3.63, 3.8) is 0 Å². The van der Waals surface area contributed by atoms with Crippen LogP contribution in [0.15, 0.2) is 29.0 Å². The summed E-state index contributed by atoms with van der Waals surface area (Å²) < 4.78 is 0. The van der Waals surface area contributed by atoms with E-state index in [0.717, 1.165) is 0 Å². The van der Waals surface area contributed by atoms with Crippen LogP contribution in [0.3, 0.4) is 0 Å². The molecule has 0 saturated heterocycles. The number of hydrogen-bond acceptors (Lipinski definition) is 9. The van der Waals surface area contributed by atoms with Crippen molar-refractivity contribution in [1.29, 1.82) is 0 Å². The van der Waals surface area contributed by atoms with Gasteiger partial charge < -0.3 is 36.2 Å². The molecule has 170 valence electrons. The van der Waals surface area contributed by atoms with Gasteiger partial charge in [0.1, 0.15) is 22.8 Å². The number of carbonyl (C=O) groups is 3. The normalized spacial score (nSPS) is 31.8. The van der Waals surface area contributed by atoms with E-state index in [9.17, 15) is 39.9 Å². The molecule has 0 aliphatic heterocycles. The van der Waals surface area contributed by atoms with Gasteiger partial charge in [-0.2, -0.15) is 0 Å². The largest absolute Gasteiger partial charge is 0.508 e. The quantitative estimate of drug-likeness (QED) is 0.343. The molecule has 5 atom stereocenters. The van der Waals surface area contributed by atoms with Crippen LogP contribution in [0.1, 0.15) is 30.4 Å². The predicted molar refractivity (Wildman–Crippen MR) is 112 cm³/mol. The minimum absolute atomic E-state index is 0.0250. The zero-order chi connectivity index (χ0) is 23.9. The summed E-state index contributed by atoms with van der Waals surface area (Å²) in [4.78, 5) is 39.2. The summed E-state index contributed by atoms with van der Waals surface area (Å²) in [5.74, 6) is -8.64. The number of ketones is 2. The highest BCUT2D eigenvalue weighted by Crippen LogP contribution is 2.56. The first kappa shape index (κ1) is 21.8. The van der Waals surface area contributed by atoms with Crippen molar-refractivity contribution in [3.05, 3.63) is 40.2 Å². The van der Waals surface area contributed by atoms with E-state index in [1.165, 1.54) is 0 Å². The third kappa shape index (κ3) is 2.50. The van der Waals surface area contributed by atoms with Crippen LogP contribution in [0.5, 0.6) is 5.75 Å². The lowest BCUT2D eigenvalue weighted by Gasteiger charge is -2.50. The van der Waals surface area contributed by atoms with Crippen LogP contribution in [0, 0.1) is 11.8 Å². The maximum Gasteiger partial charge on any atom is 0.255 e. The minimum Gasteiger partial charge on any atom is -0.508 e. The second kappa shape index (κ2) is 6.81. The molecule has 1 saturated carbocycles. The highest BCUT2D eigenvalue weighted by Gasteiger charge is 2.64. The van der Waals surface area contributed by atoms with E-state index in [-0.39, 0.29) is 11.3 Å². The van der Waals surface area contributed by atoms with Gasteiger partial charge in [-0.05, 0) is 17.5 Å². The summed E-state index contributed by atoms with van der Waals surface area (Å²) in [5.41, 5.74) is 1.83. The van der Waals surface area contributed by atoms with Crippen LogP contribution in [0.25, 0.3) is 5.76 Å². The Labute approximate surface area is 182 Å². The predicted octanol–water partition coefficient (Wildman–Crippen LogP) is 0.0217. The zero-order valence-corrected chi connectivity index (χ0v) is 17.7. The number of amides is 1. The van der Waals surface area contributed by atoms with E-state index in [0.29, 0.717) is 11.3 Å². The Morgan fingerprint density at radius 2 is 1.81 bits per heavy atom. The number of carbonyl (C=O) groups excluding carboxylic acids is 3. The standard InChI is InChI=1S/C22H24N2O8/c1-7-8-4-5-10(24(2)3)17(27)13(8)18(28)15-12(7)16(26)9-6-11(25)14(21(23)31)19(29)22(9,32)20(15)30/h4-5,7,9,12,16,26-29,32H,6H2,1-3H3,(H2,23,31)/t7-,9+,12+,16-,22+/m0/s1. The number of rotatable bonds is 2. The van der Waals surface area contributed by atoms with Crippen molar-refractivity contribution < 1.29 is 39.9 Å². The lowest BCUT2D eigenvalue weighted by atomic mass is 9.55. The number of aromatic hydroxyl groups is 1. The molecule has 0 heterocycles. The van der Waals surface area contributed by atoms with Crippen LogP contribution in [0.4, 0.5) is 5.69 Å². The molecule has 1 aromatic carbocycles. The Morgan fingerprint density at radius 3 is 2.38 bits per heavy atom. The number of nitrogens with two attached hydrogens (primary N) is 1. The summed E-state index contributed by atoms with van der Waals surface area (Å²) in [7, 11) is 3.35. The second-order valence-corrected chi connectivity index (χ2v) is 8.78. The number of aliphatic hydroxyl groups is 4. The number of phenols is 1. The number of benzene rings is 1. The molecule has 4 rings (SSSR count). The molecule has 10 heteroatoms. The fourth-order valence-corrected chi connectivity index (χ4v) is 5.35. The van der Waals surface area contributed by atoms with E-state index in [1.54, 1.807) is 38.1 Å². The Hall–Kier alpha value is -3.37. The van der Waals surface area contributed by atoms with Gasteiger partial charge in [0.2, 0.25) is 5.78 Å². The zero-order valence-electron chi connectivity index (χ0n) is 17.7. The number of anilines is 1. The van der Waals surface area contributed by atoms with Gasteiger partial charge in [0.25, 0.3) is 5.91 Å². The summed E-state index contributed by atoms with van der Waals surface area (Å²) in [6.07, 6.45) is -2.13. The Morgan fingerprint density at radius 1 is 1.19 bits per heavy atom. The molecule has 3 aliphatic carbocycles. The summed E-state index contributed by atoms with van der Waals surface area (Å²) >= 11 is 0. The van der Waals surface area contributed by atoms with Gasteiger partial charge in [-0.3, -0.25) is 14.4 Å². The number of hydrogen-bond donors (Lipinski definition) is 6. The molecule has 1 fully saturated rings. The first-order valence-corrected chi connectivity index (χ1v) is 10.0. The molecule has 0 radical (unpaired) electrons. The van der Waals surface area contributed by atoms with Crippen LogP contribution in [-0.2, 0) is 14.4 Å². The van der Waals surface area contributed by atoms with Gasteiger partial charge in [-0.15, -0.1) is 0 Å². The van der Waals surface area contributed by atoms with Gasteiger partial charge in [0.15, 0.2) is 11.4 Å². The number of primary amides is 1. The van der Waals surface area contributed by atoms with Crippen molar-refractivity contribution in [2.75, 3.05) is 19.0 Å². The highest BCUT2D eigenvalue weighted by molar-refractivity contribution is 6.23. The molecular weight excluding hydrogens is 420 g/mol.